The Morgan fingerprint density at radius 1 is 1.00 bits per heavy atom. The molecule has 1 unspecified atom stereocenters. The van der Waals surface area contributed by atoms with Gasteiger partial charge in [-0.15, -0.1) is 0 Å². The van der Waals surface area contributed by atoms with Crippen LogP contribution in [0.25, 0.3) is 0 Å². The summed E-state index contributed by atoms with van der Waals surface area (Å²) in [5.74, 6) is -1.65. The van der Waals surface area contributed by atoms with E-state index in [0.29, 0.717) is 5.56 Å². The Kier molecular flexibility index (Phi) is 4.48. The average molecular weight is 251 g/mol. The van der Waals surface area contributed by atoms with Crippen LogP contribution in [-0.4, -0.2) is 0 Å². The third-order valence-corrected chi connectivity index (χ3v) is 3.53. The lowest BCUT2D eigenvalue weighted by Crippen LogP contribution is -2.14. The lowest BCUT2D eigenvalue weighted by atomic mass is 9.91. The van der Waals surface area contributed by atoms with E-state index in [1.165, 1.54) is 25.3 Å². The second-order valence-corrected chi connectivity index (χ2v) is 4.88. The number of nitrogens with two attached hydrogens (primary N) is 1. The zero-order valence-corrected chi connectivity index (χ0v) is 10.5. The standard InChI is InChI=1S/C15H19F2N/c16-13-9-8-12(10-14(13)17)15(18)11-6-4-2-1-3-5-7-11/h6,8-10,15H,1-5,7,18H2/b11-6+. The molecule has 0 bridgehead atoms. The maximum absolute atomic E-state index is 13.2. The lowest BCUT2D eigenvalue weighted by molar-refractivity contribution is 0.505. The van der Waals surface area contributed by atoms with Gasteiger partial charge in [0, 0.05) is 0 Å². The molecule has 0 aliphatic heterocycles. The summed E-state index contributed by atoms with van der Waals surface area (Å²) >= 11 is 0. The van der Waals surface area contributed by atoms with Crippen LogP contribution in [0.2, 0.25) is 0 Å². The van der Waals surface area contributed by atoms with Gasteiger partial charge in [-0.2, -0.15) is 0 Å². The molecule has 0 saturated heterocycles. The van der Waals surface area contributed by atoms with Gasteiger partial charge in [-0.05, 0) is 43.4 Å². The van der Waals surface area contributed by atoms with Gasteiger partial charge in [-0.25, -0.2) is 8.78 Å². The molecule has 1 nitrogen and oxygen atoms in total. The fraction of sp³-hybridized carbons (Fsp3) is 0.467. The fourth-order valence-corrected chi connectivity index (χ4v) is 2.42. The molecule has 0 radical (unpaired) electrons. The molecule has 98 valence electrons. The highest BCUT2D eigenvalue weighted by Crippen LogP contribution is 2.27. The molecule has 0 saturated carbocycles. The molecule has 0 aromatic heterocycles. The van der Waals surface area contributed by atoms with Crippen molar-refractivity contribution >= 4 is 0 Å². The first-order valence-corrected chi connectivity index (χ1v) is 6.58. The molecular formula is C15H19F2N. The summed E-state index contributed by atoms with van der Waals surface area (Å²) in [6.45, 7) is 0. The predicted molar refractivity (Wildman–Crippen MR) is 69.1 cm³/mol. The van der Waals surface area contributed by atoms with E-state index in [4.69, 9.17) is 5.73 Å². The first-order chi connectivity index (χ1) is 8.68. The molecule has 1 aliphatic rings. The van der Waals surface area contributed by atoms with Crippen LogP contribution in [0.3, 0.4) is 0 Å². The van der Waals surface area contributed by atoms with Crippen LogP contribution in [0, 0.1) is 11.6 Å². The zero-order chi connectivity index (χ0) is 13.0. The molecular weight excluding hydrogens is 232 g/mol. The van der Waals surface area contributed by atoms with E-state index in [-0.39, 0.29) is 6.04 Å². The van der Waals surface area contributed by atoms with E-state index in [1.807, 2.05) is 0 Å². The summed E-state index contributed by atoms with van der Waals surface area (Å²) in [7, 11) is 0. The Morgan fingerprint density at radius 2 is 1.78 bits per heavy atom. The van der Waals surface area contributed by atoms with Gasteiger partial charge < -0.3 is 5.73 Å². The minimum Gasteiger partial charge on any atom is -0.321 e. The third kappa shape index (κ3) is 3.16. The van der Waals surface area contributed by atoms with Crippen LogP contribution < -0.4 is 5.73 Å². The summed E-state index contributed by atoms with van der Waals surface area (Å²) in [4.78, 5) is 0. The molecule has 18 heavy (non-hydrogen) atoms. The van der Waals surface area contributed by atoms with Gasteiger partial charge in [-0.1, -0.05) is 30.6 Å². The summed E-state index contributed by atoms with van der Waals surface area (Å²) in [6, 6.07) is 3.62. The topological polar surface area (TPSA) is 26.0 Å². The molecule has 1 aromatic rings. The quantitative estimate of drug-likeness (QED) is 0.781. The van der Waals surface area contributed by atoms with Gasteiger partial charge in [-0.3, -0.25) is 0 Å². The summed E-state index contributed by atoms with van der Waals surface area (Å²) in [6.07, 6.45) is 8.97. The van der Waals surface area contributed by atoms with Crippen LogP contribution >= 0.6 is 0 Å². The van der Waals surface area contributed by atoms with E-state index in [9.17, 15) is 8.78 Å². The highest BCUT2D eigenvalue weighted by molar-refractivity contribution is 5.29. The van der Waals surface area contributed by atoms with Crippen LogP contribution in [0.15, 0.2) is 29.8 Å². The molecule has 0 fully saturated rings. The van der Waals surface area contributed by atoms with Crippen molar-refractivity contribution in [3.8, 4) is 0 Å². The fourth-order valence-electron chi connectivity index (χ4n) is 2.42. The van der Waals surface area contributed by atoms with E-state index in [0.717, 1.165) is 30.9 Å². The number of benzene rings is 1. The van der Waals surface area contributed by atoms with Crippen molar-refractivity contribution in [2.75, 3.05) is 0 Å². The Labute approximate surface area is 107 Å². The van der Waals surface area contributed by atoms with Crippen molar-refractivity contribution in [2.45, 2.75) is 44.6 Å². The molecule has 3 heteroatoms. The van der Waals surface area contributed by atoms with Crippen LogP contribution in [0.1, 0.15) is 50.1 Å². The van der Waals surface area contributed by atoms with Gasteiger partial charge in [0.25, 0.3) is 0 Å². The van der Waals surface area contributed by atoms with Gasteiger partial charge in [0.15, 0.2) is 11.6 Å². The number of rotatable bonds is 2. The van der Waals surface area contributed by atoms with E-state index < -0.39 is 11.6 Å². The lowest BCUT2D eigenvalue weighted by Gasteiger charge is -2.19. The number of halogens is 2. The number of hydrogen-bond donors (Lipinski definition) is 1. The zero-order valence-electron chi connectivity index (χ0n) is 10.5. The molecule has 1 aromatic carbocycles. The Morgan fingerprint density at radius 3 is 2.56 bits per heavy atom. The normalized spacial score (nSPS) is 21.6. The van der Waals surface area contributed by atoms with Crippen molar-refractivity contribution in [1.82, 2.24) is 0 Å². The average Bonchev–Trinajstić information content (AvgIpc) is 2.31. The Balaban J connectivity index is 2.18. The van der Waals surface area contributed by atoms with Crippen LogP contribution in [0.5, 0.6) is 0 Å². The molecule has 0 heterocycles. The van der Waals surface area contributed by atoms with Crippen molar-refractivity contribution < 1.29 is 8.78 Å². The van der Waals surface area contributed by atoms with Crippen LogP contribution in [0.4, 0.5) is 8.78 Å². The van der Waals surface area contributed by atoms with Crippen LogP contribution in [-0.2, 0) is 0 Å². The van der Waals surface area contributed by atoms with Crippen molar-refractivity contribution in [1.29, 1.82) is 0 Å². The maximum atomic E-state index is 13.2. The van der Waals surface area contributed by atoms with Gasteiger partial charge in [0.05, 0.1) is 6.04 Å². The highest BCUT2D eigenvalue weighted by Gasteiger charge is 2.14. The number of allylic oxidation sites excluding steroid dienone is 1. The highest BCUT2D eigenvalue weighted by atomic mass is 19.2. The van der Waals surface area contributed by atoms with E-state index >= 15 is 0 Å². The van der Waals surface area contributed by atoms with Gasteiger partial charge >= 0.3 is 0 Å². The largest absolute Gasteiger partial charge is 0.321 e. The predicted octanol–water partition coefficient (Wildman–Crippen LogP) is 4.25. The SMILES string of the molecule is NC(/C1=C/CCCCCC1)c1ccc(F)c(F)c1. The second kappa shape index (κ2) is 6.10. The summed E-state index contributed by atoms with van der Waals surface area (Å²) in [5, 5.41) is 0. The molecule has 2 rings (SSSR count). The Hall–Kier alpha value is -1.22. The minimum absolute atomic E-state index is 0.307. The number of hydrogen-bond acceptors (Lipinski definition) is 1. The summed E-state index contributed by atoms with van der Waals surface area (Å²) in [5.41, 5.74) is 7.96. The van der Waals surface area contributed by atoms with Gasteiger partial charge in [0.2, 0.25) is 0 Å². The van der Waals surface area contributed by atoms with E-state index in [2.05, 4.69) is 6.08 Å². The first-order valence-electron chi connectivity index (χ1n) is 6.58. The maximum Gasteiger partial charge on any atom is 0.159 e. The third-order valence-electron chi connectivity index (χ3n) is 3.53. The van der Waals surface area contributed by atoms with Crippen molar-refractivity contribution in [3.05, 3.63) is 47.0 Å². The van der Waals surface area contributed by atoms with Crippen molar-refractivity contribution in [2.24, 2.45) is 5.73 Å². The molecule has 2 N–H and O–H groups in total. The second-order valence-electron chi connectivity index (χ2n) is 4.88. The summed E-state index contributed by atoms with van der Waals surface area (Å²) < 4.78 is 26.1. The molecule has 1 atom stereocenters. The monoisotopic (exact) mass is 251 g/mol. The van der Waals surface area contributed by atoms with E-state index in [1.54, 1.807) is 6.07 Å². The minimum atomic E-state index is -0.825. The molecule has 0 amide bonds. The molecule has 1 aliphatic carbocycles. The first kappa shape index (κ1) is 13.2. The smallest absolute Gasteiger partial charge is 0.159 e. The van der Waals surface area contributed by atoms with Gasteiger partial charge in [0.1, 0.15) is 0 Å². The van der Waals surface area contributed by atoms with Crippen molar-refractivity contribution in [3.63, 3.8) is 0 Å². The Bertz CT molecular complexity index is 440. The molecule has 0 spiro atoms.